The smallest absolute Gasteiger partial charge is 0.146 e. The van der Waals surface area contributed by atoms with E-state index in [1.165, 1.54) is 6.07 Å². The predicted molar refractivity (Wildman–Crippen MR) is 53.1 cm³/mol. The standard InChI is InChI=1S/C10H13FN2/c1-3-13-10-8(7(2)12)5-4-6-9(10)11/h4-6,12-13H,3H2,1-2H3. The molecule has 0 aromatic heterocycles. The highest BCUT2D eigenvalue weighted by atomic mass is 19.1. The van der Waals surface area contributed by atoms with Crippen molar-refractivity contribution in [2.45, 2.75) is 13.8 Å². The first kappa shape index (κ1) is 9.71. The van der Waals surface area contributed by atoms with Crippen LogP contribution in [0.5, 0.6) is 0 Å². The van der Waals surface area contributed by atoms with Gasteiger partial charge in [-0.25, -0.2) is 4.39 Å². The number of hydrogen-bond acceptors (Lipinski definition) is 2. The van der Waals surface area contributed by atoms with Gasteiger partial charge in [-0.05, 0) is 19.9 Å². The van der Waals surface area contributed by atoms with E-state index in [1.54, 1.807) is 19.1 Å². The van der Waals surface area contributed by atoms with Gasteiger partial charge in [-0.3, -0.25) is 0 Å². The summed E-state index contributed by atoms with van der Waals surface area (Å²) in [6.07, 6.45) is 0. The Morgan fingerprint density at radius 2 is 2.23 bits per heavy atom. The van der Waals surface area contributed by atoms with E-state index >= 15 is 0 Å². The van der Waals surface area contributed by atoms with E-state index < -0.39 is 0 Å². The Bertz CT molecular complexity index is 321. The van der Waals surface area contributed by atoms with Crippen molar-refractivity contribution in [1.82, 2.24) is 0 Å². The molecule has 1 aromatic carbocycles. The third-order valence-corrected chi connectivity index (χ3v) is 1.77. The second kappa shape index (κ2) is 4.03. The fourth-order valence-corrected chi connectivity index (χ4v) is 1.19. The van der Waals surface area contributed by atoms with Gasteiger partial charge in [-0.15, -0.1) is 0 Å². The van der Waals surface area contributed by atoms with E-state index in [4.69, 9.17) is 5.41 Å². The van der Waals surface area contributed by atoms with Crippen molar-refractivity contribution < 1.29 is 4.39 Å². The van der Waals surface area contributed by atoms with Gasteiger partial charge in [0.05, 0.1) is 5.69 Å². The fraction of sp³-hybridized carbons (Fsp3) is 0.300. The van der Waals surface area contributed by atoms with Crippen molar-refractivity contribution >= 4 is 11.4 Å². The van der Waals surface area contributed by atoms with Gasteiger partial charge in [0.2, 0.25) is 0 Å². The highest BCUT2D eigenvalue weighted by molar-refractivity contribution is 6.01. The number of benzene rings is 1. The van der Waals surface area contributed by atoms with Gasteiger partial charge < -0.3 is 10.7 Å². The Hall–Kier alpha value is -1.38. The van der Waals surface area contributed by atoms with Gasteiger partial charge in [-0.2, -0.15) is 0 Å². The molecule has 0 heterocycles. The minimum atomic E-state index is -0.300. The van der Waals surface area contributed by atoms with Crippen LogP contribution in [0.3, 0.4) is 0 Å². The molecule has 0 unspecified atom stereocenters. The van der Waals surface area contributed by atoms with Gasteiger partial charge in [-0.1, -0.05) is 12.1 Å². The van der Waals surface area contributed by atoms with Gasteiger partial charge >= 0.3 is 0 Å². The van der Waals surface area contributed by atoms with Crippen LogP contribution in [-0.2, 0) is 0 Å². The molecule has 0 saturated carbocycles. The van der Waals surface area contributed by atoms with Crippen LogP contribution in [0.15, 0.2) is 18.2 Å². The molecular formula is C10H13FN2. The summed E-state index contributed by atoms with van der Waals surface area (Å²) in [4.78, 5) is 0. The Kier molecular flexibility index (Phi) is 3.01. The summed E-state index contributed by atoms with van der Waals surface area (Å²) >= 11 is 0. The summed E-state index contributed by atoms with van der Waals surface area (Å²) in [7, 11) is 0. The fourth-order valence-electron chi connectivity index (χ4n) is 1.19. The number of nitrogens with one attached hydrogen (secondary N) is 2. The summed E-state index contributed by atoms with van der Waals surface area (Å²) in [6.45, 7) is 4.20. The lowest BCUT2D eigenvalue weighted by molar-refractivity contribution is 0.630. The van der Waals surface area contributed by atoms with Crippen LogP contribution < -0.4 is 5.32 Å². The second-order valence-electron chi connectivity index (χ2n) is 2.82. The topological polar surface area (TPSA) is 35.9 Å². The highest BCUT2D eigenvalue weighted by Gasteiger charge is 2.07. The summed E-state index contributed by atoms with van der Waals surface area (Å²) in [5, 5.41) is 10.4. The van der Waals surface area contributed by atoms with Crippen molar-refractivity contribution in [3.63, 3.8) is 0 Å². The lowest BCUT2D eigenvalue weighted by Crippen LogP contribution is -2.06. The second-order valence-corrected chi connectivity index (χ2v) is 2.82. The Morgan fingerprint density at radius 1 is 1.54 bits per heavy atom. The number of halogens is 1. The molecule has 2 nitrogen and oxygen atoms in total. The van der Waals surface area contributed by atoms with Crippen LogP contribution in [0.25, 0.3) is 0 Å². The summed E-state index contributed by atoms with van der Waals surface area (Å²) < 4.78 is 13.2. The largest absolute Gasteiger partial charge is 0.382 e. The first-order valence-electron chi connectivity index (χ1n) is 4.24. The molecule has 0 bridgehead atoms. The SMILES string of the molecule is CCNc1c(F)cccc1C(C)=N. The maximum atomic E-state index is 13.2. The molecule has 3 heteroatoms. The maximum absolute atomic E-state index is 13.2. The molecule has 13 heavy (non-hydrogen) atoms. The molecule has 0 aliphatic carbocycles. The summed E-state index contributed by atoms with van der Waals surface area (Å²) in [5.74, 6) is -0.300. The van der Waals surface area contributed by atoms with Crippen LogP contribution in [0, 0.1) is 11.2 Å². The minimum Gasteiger partial charge on any atom is -0.382 e. The Balaban J connectivity index is 3.17. The van der Waals surface area contributed by atoms with E-state index in [2.05, 4.69) is 5.32 Å². The van der Waals surface area contributed by atoms with Crippen molar-refractivity contribution in [3.8, 4) is 0 Å². The third kappa shape index (κ3) is 2.05. The van der Waals surface area contributed by atoms with Crippen molar-refractivity contribution in [2.24, 2.45) is 0 Å². The molecule has 1 rings (SSSR count). The summed E-state index contributed by atoms with van der Waals surface area (Å²) in [6, 6.07) is 4.75. The monoisotopic (exact) mass is 180 g/mol. The third-order valence-electron chi connectivity index (χ3n) is 1.77. The van der Waals surface area contributed by atoms with Crippen molar-refractivity contribution in [1.29, 1.82) is 5.41 Å². The zero-order valence-electron chi connectivity index (χ0n) is 7.82. The first-order valence-corrected chi connectivity index (χ1v) is 4.24. The van der Waals surface area contributed by atoms with Gasteiger partial charge in [0.1, 0.15) is 5.82 Å². The van der Waals surface area contributed by atoms with Crippen molar-refractivity contribution in [2.75, 3.05) is 11.9 Å². The molecule has 2 N–H and O–H groups in total. The quantitative estimate of drug-likeness (QED) is 0.689. The molecule has 0 amide bonds. The molecule has 1 aromatic rings. The van der Waals surface area contributed by atoms with E-state index in [9.17, 15) is 4.39 Å². The van der Waals surface area contributed by atoms with Crippen LogP contribution in [0.4, 0.5) is 10.1 Å². The Morgan fingerprint density at radius 3 is 2.77 bits per heavy atom. The molecule has 0 saturated heterocycles. The van der Waals surface area contributed by atoms with Crippen LogP contribution in [0.1, 0.15) is 19.4 Å². The average molecular weight is 180 g/mol. The number of rotatable bonds is 3. The minimum absolute atomic E-state index is 0.300. The predicted octanol–water partition coefficient (Wildman–Crippen LogP) is 2.65. The molecule has 70 valence electrons. The molecule has 0 aliphatic heterocycles. The summed E-state index contributed by atoms with van der Waals surface area (Å²) in [5.41, 5.74) is 1.43. The molecule has 0 spiro atoms. The van der Waals surface area contributed by atoms with Gasteiger partial charge in [0.15, 0.2) is 0 Å². The zero-order chi connectivity index (χ0) is 9.84. The van der Waals surface area contributed by atoms with Crippen LogP contribution in [-0.4, -0.2) is 12.3 Å². The lowest BCUT2D eigenvalue weighted by atomic mass is 10.1. The zero-order valence-corrected chi connectivity index (χ0v) is 7.82. The molecule has 0 atom stereocenters. The normalized spacial score (nSPS) is 9.77. The van der Waals surface area contributed by atoms with E-state index in [0.29, 0.717) is 23.5 Å². The first-order chi connectivity index (χ1) is 6.16. The van der Waals surface area contributed by atoms with Crippen LogP contribution in [0.2, 0.25) is 0 Å². The molecule has 0 fully saturated rings. The van der Waals surface area contributed by atoms with Crippen LogP contribution >= 0.6 is 0 Å². The number of para-hydroxylation sites is 1. The molecular weight excluding hydrogens is 167 g/mol. The lowest BCUT2D eigenvalue weighted by Gasteiger charge is -2.10. The number of anilines is 1. The van der Waals surface area contributed by atoms with Crippen molar-refractivity contribution in [3.05, 3.63) is 29.6 Å². The maximum Gasteiger partial charge on any atom is 0.146 e. The van der Waals surface area contributed by atoms with E-state index in [0.717, 1.165) is 0 Å². The molecule has 0 radical (unpaired) electrons. The molecule has 0 aliphatic rings. The highest BCUT2D eigenvalue weighted by Crippen LogP contribution is 2.19. The van der Waals surface area contributed by atoms with E-state index in [1.807, 2.05) is 6.92 Å². The Labute approximate surface area is 77.3 Å². The number of hydrogen-bond donors (Lipinski definition) is 2. The van der Waals surface area contributed by atoms with Gasteiger partial charge in [0.25, 0.3) is 0 Å². The van der Waals surface area contributed by atoms with Gasteiger partial charge in [0, 0.05) is 17.8 Å². The average Bonchev–Trinajstić information content (AvgIpc) is 2.08. The van der Waals surface area contributed by atoms with E-state index in [-0.39, 0.29) is 5.82 Å².